The van der Waals surface area contributed by atoms with E-state index in [0.29, 0.717) is 16.9 Å². The highest BCUT2D eigenvalue weighted by atomic mass is 35.5. The number of aryl methyl sites for hydroxylation is 1. The average molecular weight is 270 g/mol. The number of nitrogens with zero attached hydrogens (tertiary/aromatic N) is 5. The van der Waals surface area contributed by atoms with E-state index >= 15 is 0 Å². The zero-order valence-corrected chi connectivity index (χ0v) is 10.8. The molecule has 0 atom stereocenters. The van der Waals surface area contributed by atoms with E-state index in [2.05, 4.69) is 21.1 Å². The Kier molecular flexibility index (Phi) is 2.65. The molecule has 92 valence electrons. The highest BCUT2D eigenvalue weighted by molar-refractivity contribution is 6.28. The maximum absolute atomic E-state index is 8.87. The van der Waals surface area contributed by atoms with Crippen LogP contribution in [0.25, 0.3) is 16.9 Å². The van der Waals surface area contributed by atoms with Crippen LogP contribution in [0.2, 0.25) is 5.28 Å². The summed E-state index contributed by atoms with van der Waals surface area (Å²) < 4.78 is 1.46. The quantitative estimate of drug-likeness (QED) is 0.637. The summed E-state index contributed by atoms with van der Waals surface area (Å²) >= 11 is 6.06. The maximum Gasteiger partial charge on any atom is 0.226 e. The van der Waals surface area contributed by atoms with Gasteiger partial charge in [-0.05, 0) is 36.2 Å². The molecule has 0 fully saturated rings. The molecule has 19 heavy (non-hydrogen) atoms. The van der Waals surface area contributed by atoms with E-state index in [1.807, 2.05) is 25.1 Å². The largest absolute Gasteiger partial charge is 0.226 e. The van der Waals surface area contributed by atoms with Gasteiger partial charge in [-0.3, -0.25) is 0 Å². The van der Waals surface area contributed by atoms with Gasteiger partial charge in [-0.1, -0.05) is 6.07 Å². The number of hydrogen-bond acceptors (Lipinski definition) is 4. The first kappa shape index (κ1) is 11.6. The Balaban J connectivity index is 2.21. The second-order valence-electron chi connectivity index (χ2n) is 4.08. The van der Waals surface area contributed by atoms with Gasteiger partial charge in [0, 0.05) is 11.6 Å². The molecule has 0 spiro atoms. The van der Waals surface area contributed by atoms with Gasteiger partial charge in [-0.25, -0.2) is 9.97 Å². The minimum Gasteiger partial charge on any atom is -0.218 e. The Bertz CT molecular complexity index is 816. The molecule has 1 aromatic carbocycles. The molecule has 0 bridgehead atoms. The smallest absolute Gasteiger partial charge is 0.218 e. The predicted molar refractivity (Wildman–Crippen MR) is 70.7 cm³/mol. The molecular formula is C13H8ClN5. The summed E-state index contributed by atoms with van der Waals surface area (Å²) in [5.74, 6) is 0. The molecule has 0 aliphatic carbocycles. The number of nitriles is 1. The molecule has 0 radical (unpaired) electrons. The van der Waals surface area contributed by atoms with Gasteiger partial charge < -0.3 is 0 Å². The summed E-state index contributed by atoms with van der Waals surface area (Å²) in [6, 6.07) is 9.36. The van der Waals surface area contributed by atoms with Crippen molar-refractivity contribution in [2.45, 2.75) is 6.92 Å². The van der Waals surface area contributed by atoms with Crippen molar-refractivity contribution in [3.8, 4) is 17.3 Å². The molecule has 0 unspecified atom stereocenters. The fourth-order valence-electron chi connectivity index (χ4n) is 1.95. The van der Waals surface area contributed by atoms with Crippen LogP contribution in [0.5, 0.6) is 0 Å². The lowest BCUT2D eigenvalue weighted by atomic mass is 10.0. The third-order valence-corrected chi connectivity index (χ3v) is 3.10. The van der Waals surface area contributed by atoms with Crippen molar-refractivity contribution in [1.29, 1.82) is 5.26 Å². The molecule has 0 saturated carbocycles. The van der Waals surface area contributed by atoms with Crippen molar-refractivity contribution >= 4 is 17.2 Å². The second kappa shape index (κ2) is 4.34. The van der Waals surface area contributed by atoms with Crippen LogP contribution in [-0.2, 0) is 0 Å². The molecule has 2 heterocycles. The van der Waals surface area contributed by atoms with E-state index in [4.69, 9.17) is 16.9 Å². The topological polar surface area (TPSA) is 66.9 Å². The molecule has 6 heteroatoms. The monoisotopic (exact) mass is 269 g/mol. The zero-order chi connectivity index (χ0) is 13.4. The van der Waals surface area contributed by atoms with Crippen LogP contribution in [0.1, 0.15) is 11.1 Å². The van der Waals surface area contributed by atoms with Crippen molar-refractivity contribution in [2.75, 3.05) is 0 Å². The first-order valence-corrected chi connectivity index (χ1v) is 5.94. The summed E-state index contributed by atoms with van der Waals surface area (Å²) in [7, 11) is 0. The van der Waals surface area contributed by atoms with Gasteiger partial charge in [0.25, 0.3) is 0 Å². The molecule has 0 aliphatic heterocycles. The fraction of sp³-hybridized carbons (Fsp3) is 0.0769. The van der Waals surface area contributed by atoms with E-state index in [0.717, 1.165) is 11.1 Å². The first-order chi connectivity index (χ1) is 9.19. The highest BCUT2D eigenvalue weighted by Gasteiger charge is 2.09. The van der Waals surface area contributed by atoms with Crippen LogP contribution >= 0.6 is 11.6 Å². The molecule has 0 saturated heterocycles. The number of aromatic nitrogens is 4. The summed E-state index contributed by atoms with van der Waals surface area (Å²) in [6.07, 6.45) is 1.43. The van der Waals surface area contributed by atoms with Crippen molar-refractivity contribution in [1.82, 2.24) is 19.6 Å². The fourth-order valence-corrected chi connectivity index (χ4v) is 2.17. The van der Waals surface area contributed by atoms with Gasteiger partial charge in [-0.2, -0.15) is 14.9 Å². The van der Waals surface area contributed by atoms with Crippen LogP contribution < -0.4 is 0 Å². The molecule has 2 aromatic heterocycles. The number of benzene rings is 1. The lowest BCUT2D eigenvalue weighted by Gasteiger charge is -2.06. The van der Waals surface area contributed by atoms with E-state index in [9.17, 15) is 0 Å². The third-order valence-electron chi connectivity index (χ3n) is 2.86. The number of fused-ring (bicyclic) bond motifs is 1. The van der Waals surface area contributed by atoms with Crippen LogP contribution in [0.4, 0.5) is 0 Å². The Morgan fingerprint density at radius 1 is 1.32 bits per heavy atom. The minimum atomic E-state index is 0.258. The Labute approximate surface area is 114 Å². The normalized spacial score (nSPS) is 10.6. The SMILES string of the molecule is Cc1cc(C#N)ccc1-c1cc2ncnn2c(Cl)n1. The Morgan fingerprint density at radius 2 is 2.16 bits per heavy atom. The Morgan fingerprint density at radius 3 is 2.89 bits per heavy atom. The van der Waals surface area contributed by atoms with Gasteiger partial charge in [0.1, 0.15) is 6.33 Å². The van der Waals surface area contributed by atoms with E-state index in [1.54, 1.807) is 6.07 Å². The van der Waals surface area contributed by atoms with Crippen LogP contribution in [-0.4, -0.2) is 19.6 Å². The zero-order valence-electron chi connectivity index (χ0n) is 10.0. The second-order valence-corrected chi connectivity index (χ2v) is 4.42. The average Bonchev–Trinajstić information content (AvgIpc) is 2.87. The Hall–Kier alpha value is -2.45. The van der Waals surface area contributed by atoms with Gasteiger partial charge >= 0.3 is 0 Å². The van der Waals surface area contributed by atoms with Crippen LogP contribution in [0.3, 0.4) is 0 Å². The molecule has 5 nitrogen and oxygen atoms in total. The molecule has 3 rings (SSSR count). The summed E-state index contributed by atoms with van der Waals surface area (Å²) in [5.41, 5.74) is 3.86. The van der Waals surface area contributed by atoms with Gasteiger partial charge in [0.05, 0.1) is 17.3 Å². The van der Waals surface area contributed by atoms with Gasteiger partial charge in [0.2, 0.25) is 5.28 Å². The molecule has 0 amide bonds. The maximum atomic E-state index is 8.87. The van der Waals surface area contributed by atoms with Crippen LogP contribution in [0, 0.1) is 18.3 Å². The highest BCUT2D eigenvalue weighted by Crippen LogP contribution is 2.24. The van der Waals surface area contributed by atoms with E-state index < -0.39 is 0 Å². The predicted octanol–water partition coefficient (Wildman–Crippen LogP) is 2.62. The van der Waals surface area contributed by atoms with Crippen molar-refractivity contribution in [3.05, 3.63) is 47.0 Å². The molecule has 3 aromatic rings. The first-order valence-electron chi connectivity index (χ1n) is 5.56. The molecule has 0 N–H and O–H groups in total. The lowest BCUT2D eigenvalue weighted by Crippen LogP contribution is -1.96. The summed E-state index contributed by atoms with van der Waals surface area (Å²) in [6.45, 7) is 1.93. The van der Waals surface area contributed by atoms with E-state index in [1.165, 1.54) is 10.8 Å². The molecular weight excluding hydrogens is 262 g/mol. The van der Waals surface area contributed by atoms with Crippen LogP contribution in [0.15, 0.2) is 30.6 Å². The molecule has 0 aliphatic rings. The minimum absolute atomic E-state index is 0.258. The van der Waals surface area contributed by atoms with Gasteiger partial charge in [0.15, 0.2) is 5.65 Å². The van der Waals surface area contributed by atoms with Crippen molar-refractivity contribution in [3.63, 3.8) is 0 Å². The van der Waals surface area contributed by atoms with E-state index in [-0.39, 0.29) is 5.28 Å². The number of hydrogen-bond donors (Lipinski definition) is 0. The standard InChI is InChI=1S/C13H8ClN5/c1-8-4-9(6-15)2-3-10(8)11-5-12-16-7-17-19(12)13(14)18-11/h2-5,7H,1H3. The van der Waals surface area contributed by atoms with Crippen molar-refractivity contribution in [2.24, 2.45) is 0 Å². The number of rotatable bonds is 1. The summed E-state index contributed by atoms with van der Waals surface area (Å²) in [4.78, 5) is 8.41. The third kappa shape index (κ3) is 1.92. The summed E-state index contributed by atoms with van der Waals surface area (Å²) in [5, 5.41) is 13.1. The number of halogens is 1. The lowest BCUT2D eigenvalue weighted by molar-refractivity contribution is 0.924. The van der Waals surface area contributed by atoms with Crippen molar-refractivity contribution < 1.29 is 0 Å². The van der Waals surface area contributed by atoms with Gasteiger partial charge in [-0.15, -0.1) is 0 Å².